The average molecular weight is 296 g/mol. The van der Waals surface area contributed by atoms with Crippen molar-refractivity contribution in [2.45, 2.75) is 65.1 Å². The van der Waals surface area contributed by atoms with Crippen molar-refractivity contribution < 1.29 is 19.4 Å². The van der Waals surface area contributed by atoms with Crippen LogP contribution in [0.1, 0.15) is 53.4 Å². The van der Waals surface area contributed by atoms with E-state index in [0.29, 0.717) is 12.5 Å². The molecule has 2 bridgehead atoms. The Bertz CT molecular complexity index is 427. The maximum atomic E-state index is 11.5. The molecule has 2 heterocycles. The lowest BCUT2D eigenvalue weighted by atomic mass is 9.62. The molecule has 0 spiro atoms. The van der Waals surface area contributed by atoms with E-state index >= 15 is 0 Å². The van der Waals surface area contributed by atoms with Crippen molar-refractivity contribution in [2.24, 2.45) is 11.3 Å². The molecule has 0 amide bonds. The summed E-state index contributed by atoms with van der Waals surface area (Å²) in [6, 6.07) is 0. The number of hydrogen-bond donors (Lipinski definition) is 1. The Labute approximate surface area is 127 Å². The Morgan fingerprint density at radius 1 is 1.48 bits per heavy atom. The summed E-state index contributed by atoms with van der Waals surface area (Å²) in [7, 11) is 0. The fourth-order valence-corrected chi connectivity index (χ4v) is 4.15. The van der Waals surface area contributed by atoms with Gasteiger partial charge in [-0.2, -0.15) is 0 Å². The van der Waals surface area contributed by atoms with Gasteiger partial charge in [0, 0.05) is 6.08 Å². The molecule has 2 rings (SSSR count). The zero-order chi connectivity index (χ0) is 15.7. The Balaban J connectivity index is 2.00. The normalized spacial score (nSPS) is 34.2. The zero-order valence-corrected chi connectivity index (χ0v) is 13.6. The molecule has 0 aliphatic carbocycles. The van der Waals surface area contributed by atoms with E-state index in [9.17, 15) is 9.90 Å². The van der Waals surface area contributed by atoms with Crippen molar-refractivity contribution in [2.75, 3.05) is 13.2 Å². The van der Waals surface area contributed by atoms with E-state index in [-0.39, 0.29) is 29.7 Å². The van der Waals surface area contributed by atoms with Crippen molar-refractivity contribution in [3.05, 3.63) is 11.6 Å². The summed E-state index contributed by atoms with van der Waals surface area (Å²) >= 11 is 0. The van der Waals surface area contributed by atoms with Crippen molar-refractivity contribution >= 4 is 5.97 Å². The Hall–Kier alpha value is -0.870. The van der Waals surface area contributed by atoms with Gasteiger partial charge in [0.1, 0.15) is 0 Å². The monoisotopic (exact) mass is 296 g/mol. The van der Waals surface area contributed by atoms with Gasteiger partial charge in [0.25, 0.3) is 0 Å². The van der Waals surface area contributed by atoms with Crippen LogP contribution >= 0.6 is 0 Å². The van der Waals surface area contributed by atoms with E-state index in [1.165, 1.54) is 0 Å². The summed E-state index contributed by atoms with van der Waals surface area (Å²) in [6.07, 6.45) is 5.60. The third kappa shape index (κ3) is 3.02. The first-order valence-corrected chi connectivity index (χ1v) is 7.98. The average Bonchev–Trinajstić information content (AvgIpc) is 2.92. The number of aliphatic hydroxyl groups is 1. The molecule has 2 fully saturated rings. The molecule has 3 atom stereocenters. The first-order chi connectivity index (χ1) is 9.85. The first-order valence-electron chi connectivity index (χ1n) is 7.98. The van der Waals surface area contributed by atoms with Crippen molar-refractivity contribution in [1.82, 2.24) is 0 Å². The second-order valence-electron chi connectivity index (χ2n) is 7.02. The van der Waals surface area contributed by atoms with Crippen LogP contribution in [0.2, 0.25) is 0 Å². The summed E-state index contributed by atoms with van der Waals surface area (Å²) < 4.78 is 11.1. The van der Waals surface area contributed by atoms with E-state index in [1.807, 2.05) is 6.92 Å². The van der Waals surface area contributed by atoms with Crippen LogP contribution in [0.15, 0.2) is 11.6 Å². The van der Waals surface area contributed by atoms with Crippen LogP contribution in [0.3, 0.4) is 0 Å². The van der Waals surface area contributed by atoms with Crippen molar-refractivity contribution in [3.8, 4) is 0 Å². The second-order valence-corrected chi connectivity index (χ2v) is 7.02. The molecule has 0 unspecified atom stereocenters. The number of carbonyl (C=O) groups is 1. The number of carbonyl (C=O) groups excluding carboxylic acids is 1. The molecule has 0 saturated carbocycles. The maximum absolute atomic E-state index is 11.5. The Morgan fingerprint density at radius 2 is 2.19 bits per heavy atom. The number of allylic oxidation sites excluding steroid dienone is 1. The standard InChI is InChI=1S/C17H28O4/c1-5-20-15(19)10-12(2)6-7-13-16(3,4)14-8-9-17(13,11-18)21-14/h10,13-14,18H,5-9,11H2,1-4H3/b12-10+/t13-,14+,17+/m0/s1. The molecule has 4 heteroatoms. The van der Waals surface area contributed by atoms with Crippen LogP contribution < -0.4 is 0 Å². The lowest BCUT2D eigenvalue weighted by Gasteiger charge is -2.40. The van der Waals surface area contributed by atoms with Gasteiger partial charge < -0.3 is 14.6 Å². The molecule has 2 saturated heterocycles. The highest BCUT2D eigenvalue weighted by Gasteiger charge is 2.62. The second kappa shape index (κ2) is 6.09. The fourth-order valence-electron chi connectivity index (χ4n) is 4.15. The van der Waals surface area contributed by atoms with E-state index < -0.39 is 0 Å². The summed E-state index contributed by atoms with van der Waals surface area (Å²) in [6.45, 7) is 8.75. The lowest BCUT2D eigenvalue weighted by molar-refractivity contribution is -0.137. The van der Waals surface area contributed by atoms with Crippen LogP contribution in [0.5, 0.6) is 0 Å². The molecular formula is C17H28O4. The number of rotatable bonds is 6. The number of fused-ring (bicyclic) bond motifs is 2. The third-order valence-corrected chi connectivity index (χ3v) is 5.32. The van der Waals surface area contributed by atoms with Gasteiger partial charge in [-0.1, -0.05) is 19.4 Å². The van der Waals surface area contributed by atoms with Crippen LogP contribution in [0.4, 0.5) is 0 Å². The molecule has 0 radical (unpaired) electrons. The zero-order valence-electron chi connectivity index (χ0n) is 13.6. The van der Waals surface area contributed by atoms with Crippen molar-refractivity contribution in [3.63, 3.8) is 0 Å². The fraction of sp³-hybridized carbons (Fsp3) is 0.824. The quantitative estimate of drug-likeness (QED) is 0.605. The molecule has 2 aliphatic rings. The molecule has 0 aromatic heterocycles. The number of ether oxygens (including phenoxy) is 2. The molecule has 0 aromatic rings. The largest absolute Gasteiger partial charge is 0.463 e. The van der Waals surface area contributed by atoms with E-state index in [1.54, 1.807) is 13.0 Å². The highest BCUT2D eigenvalue weighted by Crippen LogP contribution is 2.59. The molecular weight excluding hydrogens is 268 g/mol. The number of esters is 1. The van der Waals surface area contributed by atoms with Gasteiger partial charge in [0.05, 0.1) is 24.9 Å². The molecule has 2 aliphatic heterocycles. The molecule has 120 valence electrons. The maximum Gasteiger partial charge on any atom is 0.330 e. The molecule has 21 heavy (non-hydrogen) atoms. The van der Waals surface area contributed by atoms with Gasteiger partial charge in [-0.05, 0) is 50.9 Å². The first kappa shape index (κ1) is 16.5. The van der Waals surface area contributed by atoms with Gasteiger partial charge in [-0.3, -0.25) is 0 Å². The van der Waals surface area contributed by atoms with Gasteiger partial charge in [-0.15, -0.1) is 0 Å². The van der Waals surface area contributed by atoms with Crippen LogP contribution in [0.25, 0.3) is 0 Å². The minimum atomic E-state index is -0.363. The van der Waals surface area contributed by atoms with Crippen molar-refractivity contribution in [1.29, 1.82) is 0 Å². The van der Waals surface area contributed by atoms with E-state index in [2.05, 4.69) is 13.8 Å². The summed E-state index contributed by atoms with van der Waals surface area (Å²) in [5.41, 5.74) is 0.754. The summed E-state index contributed by atoms with van der Waals surface area (Å²) in [5.74, 6) is 0.0645. The number of aliphatic hydroxyl groups excluding tert-OH is 1. The third-order valence-electron chi connectivity index (χ3n) is 5.32. The van der Waals surface area contributed by atoms with Crippen LogP contribution in [0, 0.1) is 11.3 Å². The highest BCUT2D eigenvalue weighted by atomic mass is 16.5. The lowest BCUT2D eigenvalue weighted by Crippen LogP contribution is -2.44. The predicted octanol–water partition coefficient (Wildman–Crippen LogP) is 2.84. The summed E-state index contributed by atoms with van der Waals surface area (Å²) in [5, 5.41) is 9.81. The van der Waals surface area contributed by atoms with E-state index in [4.69, 9.17) is 9.47 Å². The number of hydrogen-bond acceptors (Lipinski definition) is 4. The van der Waals surface area contributed by atoms with Gasteiger partial charge in [0.15, 0.2) is 0 Å². The van der Waals surface area contributed by atoms with Crippen LogP contribution in [-0.4, -0.2) is 36.0 Å². The predicted molar refractivity (Wildman–Crippen MR) is 80.8 cm³/mol. The minimum absolute atomic E-state index is 0.0885. The SMILES string of the molecule is CCOC(=O)/C=C(\C)CC[C@H]1C(C)(C)[C@H]2CC[C@]1(CO)O2. The topological polar surface area (TPSA) is 55.8 Å². The smallest absolute Gasteiger partial charge is 0.330 e. The molecule has 4 nitrogen and oxygen atoms in total. The molecule has 0 aromatic carbocycles. The van der Waals surface area contributed by atoms with Gasteiger partial charge >= 0.3 is 5.97 Å². The Morgan fingerprint density at radius 3 is 2.81 bits per heavy atom. The van der Waals surface area contributed by atoms with Gasteiger partial charge in [-0.25, -0.2) is 4.79 Å². The summed E-state index contributed by atoms with van der Waals surface area (Å²) in [4.78, 5) is 11.5. The Kier molecular flexibility index (Phi) is 4.79. The van der Waals surface area contributed by atoms with Crippen LogP contribution in [-0.2, 0) is 14.3 Å². The van der Waals surface area contributed by atoms with Gasteiger partial charge in [0.2, 0.25) is 0 Å². The molecule has 1 N–H and O–H groups in total. The van der Waals surface area contributed by atoms with E-state index in [0.717, 1.165) is 31.3 Å². The highest BCUT2D eigenvalue weighted by molar-refractivity contribution is 5.82. The minimum Gasteiger partial charge on any atom is -0.463 e.